The van der Waals surface area contributed by atoms with Gasteiger partial charge in [-0.15, -0.1) is 0 Å². The first kappa shape index (κ1) is 10.6. The first-order valence-electron chi connectivity index (χ1n) is 5.51. The zero-order chi connectivity index (χ0) is 12.5. The Kier molecular flexibility index (Phi) is 2.40. The number of pyridine rings is 1. The molecule has 1 aliphatic rings. The Hall–Kier alpha value is -2.50. The molecule has 92 valence electrons. The van der Waals surface area contributed by atoms with Gasteiger partial charge in [0.25, 0.3) is 0 Å². The van der Waals surface area contributed by atoms with Crippen LogP contribution in [0.4, 0.5) is 11.4 Å². The highest BCUT2D eigenvalue weighted by Gasteiger charge is 2.26. The van der Waals surface area contributed by atoms with Crippen molar-refractivity contribution in [3.8, 4) is 0 Å². The third-order valence-electron chi connectivity index (χ3n) is 2.88. The van der Waals surface area contributed by atoms with Crippen molar-refractivity contribution in [1.82, 2.24) is 4.98 Å². The van der Waals surface area contributed by atoms with E-state index in [-0.39, 0.29) is 11.8 Å². The van der Waals surface area contributed by atoms with Crippen LogP contribution in [0.3, 0.4) is 0 Å². The van der Waals surface area contributed by atoms with Crippen LogP contribution in [0, 0.1) is 0 Å². The van der Waals surface area contributed by atoms with Gasteiger partial charge in [0.1, 0.15) is 12.0 Å². The summed E-state index contributed by atoms with van der Waals surface area (Å²) >= 11 is 0. The summed E-state index contributed by atoms with van der Waals surface area (Å²) in [5, 5.41) is 15.2. The summed E-state index contributed by atoms with van der Waals surface area (Å²) in [6.07, 6.45) is 4.91. The van der Waals surface area contributed by atoms with Crippen molar-refractivity contribution in [2.24, 2.45) is 0 Å². The number of fused-ring (bicyclic) bond motifs is 1. The van der Waals surface area contributed by atoms with Gasteiger partial charge in [-0.2, -0.15) is 0 Å². The number of carboxylic acids is 1. The molecular weight excluding hydrogens is 234 g/mol. The number of carbonyl (C=O) groups is 1. The summed E-state index contributed by atoms with van der Waals surface area (Å²) in [5.41, 5.74) is 2.20. The van der Waals surface area contributed by atoms with E-state index >= 15 is 0 Å². The van der Waals surface area contributed by atoms with Crippen molar-refractivity contribution < 1.29 is 14.3 Å². The maximum absolute atomic E-state index is 10.9. The van der Waals surface area contributed by atoms with Crippen LogP contribution in [0.15, 0.2) is 35.2 Å². The molecule has 6 heteroatoms. The average molecular weight is 245 g/mol. The molecule has 6 nitrogen and oxygen atoms in total. The van der Waals surface area contributed by atoms with Crippen molar-refractivity contribution in [3.63, 3.8) is 0 Å². The van der Waals surface area contributed by atoms with Gasteiger partial charge >= 0.3 is 5.97 Å². The fourth-order valence-corrected chi connectivity index (χ4v) is 2.02. The molecule has 1 atom stereocenters. The van der Waals surface area contributed by atoms with Crippen LogP contribution in [0.5, 0.6) is 0 Å². The lowest BCUT2D eigenvalue weighted by molar-refractivity contribution is 0.0664. The van der Waals surface area contributed by atoms with E-state index in [1.165, 1.54) is 6.26 Å². The summed E-state index contributed by atoms with van der Waals surface area (Å²) in [6, 6.07) is 3.88. The Morgan fingerprint density at radius 1 is 1.56 bits per heavy atom. The highest BCUT2D eigenvalue weighted by Crippen LogP contribution is 2.35. The van der Waals surface area contributed by atoms with Gasteiger partial charge in [-0.05, 0) is 11.6 Å². The minimum atomic E-state index is -1.08. The molecule has 0 saturated heterocycles. The lowest BCUT2D eigenvalue weighted by Gasteiger charge is -2.25. The number of aromatic carboxylic acids is 1. The number of nitrogens with zero attached hydrogens (tertiary/aromatic N) is 1. The molecule has 0 radical (unpaired) electrons. The molecule has 0 saturated carbocycles. The molecule has 0 spiro atoms. The van der Waals surface area contributed by atoms with Gasteiger partial charge in [-0.1, -0.05) is 6.07 Å². The van der Waals surface area contributed by atoms with Gasteiger partial charge in [0, 0.05) is 18.9 Å². The van der Waals surface area contributed by atoms with Crippen LogP contribution in [-0.2, 0) is 0 Å². The van der Waals surface area contributed by atoms with Crippen molar-refractivity contribution in [2.45, 2.75) is 6.04 Å². The van der Waals surface area contributed by atoms with Gasteiger partial charge < -0.3 is 20.2 Å². The number of aromatic nitrogens is 1. The maximum Gasteiger partial charge on any atom is 0.374 e. The van der Waals surface area contributed by atoms with E-state index in [1.807, 2.05) is 12.1 Å². The summed E-state index contributed by atoms with van der Waals surface area (Å²) in [5.74, 6) is -1.15. The maximum atomic E-state index is 10.9. The molecule has 3 rings (SSSR count). The zero-order valence-corrected chi connectivity index (χ0v) is 9.38. The Bertz CT molecular complexity index is 580. The van der Waals surface area contributed by atoms with E-state index < -0.39 is 5.97 Å². The van der Waals surface area contributed by atoms with Crippen LogP contribution in [0.1, 0.15) is 22.2 Å². The van der Waals surface area contributed by atoms with E-state index in [0.29, 0.717) is 17.9 Å². The summed E-state index contributed by atoms with van der Waals surface area (Å²) < 4.78 is 5.02. The minimum absolute atomic E-state index is 0.0467. The second kappa shape index (κ2) is 4.06. The Labute approximate surface area is 103 Å². The predicted octanol–water partition coefficient (Wildman–Crippen LogP) is 1.95. The fraction of sp³-hybridized carbons (Fsp3) is 0.167. The second-order valence-corrected chi connectivity index (χ2v) is 4.02. The van der Waals surface area contributed by atoms with Crippen LogP contribution in [-0.4, -0.2) is 22.6 Å². The van der Waals surface area contributed by atoms with Gasteiger partial charge in [0.2, 0.25) is 5.76 Å². The zero-order valence-electron chi connectivity index (χ0n) is 9.38. The van der Waals surface area contributed by atoms with Crippen LogP contribution < -0.4 is 10.6 Å². The molecule has 3 heterocycles. The molecule has 18 heavy (non-hydrogen) atoms. The smallest absolute Gasteiger partial charge is 0.374 e. The van der Waals surface area contributed by atoms with E-state index in [0.717, 1.165) is 5.56 Å². The quantitative estimate of drug-likeness (QED) is 0.749. The van der Waals surface area contributed by atoms with Gasteiger partial charge in [-0.3, -0.25) is 4.98 Å². The topological polar surface area (TPSA) is 87.4 Å². The summed E-state index contributed by atoms with van der Waals surface area (Å²) in [6.45, 7) is 0.582. The first-order valence-corrected chi connectivity index (χ1v) is 5.51. The minimum Gasteiger partial charge on any atom is -0.475 e. The molecule has 1 aliphatic heterocycles. The average Bonchev–Trinajstić information content (AvgIpc) is 2.82. The van der Waals surface area contributed by atoms with E-state index in [1.54, 1.807) is 12.4 Å². The van der Waals surface area contributed by atoms with Gasteiger partial charge in [-0.25, -0.2) is 4.79 Å². The molecule has 0 amide bonds. The third kappa shape index (κ3) is 1.67. The number of carboxylic acid groups (broad SMARTS) is 1. The largest absolute Gasteiger partial charge is 0.475 e. The molecule has 2 aromatic heterocycles. The second-order valence-electron chi connectivity index (χ2n) is 4.02. The molecule has 0 aliphatic carbocycles. The Morgan fingerprint density at radius 3 is 3.17 bits per heavy atom. The number of furan rings is 1. The SMILES string of the molecule is O=C(O)c1occ2c1NCC(c1cccnc1)N2. The van der Waals surface area contributed by atoms with Crippen molar-refractivity contribution in [2.75, 3.05) is 17.2 Å². The number of anilines is 2. The third-order valence-corrected chi connectivity index (χ3v) is 2.88. The van der Waals surface area contributed by atoms with Gasteiger partial charge in [0.05, 0.1) is 11.7 Å². The lowest BCUT2D eigenvalue weighted by atomic mass is 10.1. The number of nitrogens with one attached hydrogen (secondary N) is 2. The standard InChI is InChI=1S/C12H11N3O3/c16-12(17)11-10-9(6-18-11)15-8(5-14-10)7-2-1-3-13-4-7/h1-4,6,8,14-15H,5H2,(H,16,17). The van der Waals surface area contributed by atoms with Crippen molar-refractivity contribution >= 4 is 17.3 Å². The number of hydrogen-bond acceptors (Lipinski definition) is 5. The van der Waals surface area contributed by atoms with Crippen LogP contribution in [0.25, 0.3) is 0 Å². The Balaban J connectivity index is 1.89. The highest BCUT2D eigenvalue weighted by atomic mass is 16.4. The summed E-state index contributed by atoms with van der Waals surface area (Å²) in [4.78, 5) is 15.0. The fourth-order valence-electron chi connectivity index (χ4n) is 2.02. The molecule has 0 bridgehead atoms. The lowest BCUT2D eigenvalue weighted by Crippen LogP contribution is -2.25. The molecule has 3 N–H and O–H groups in total. The molecule has 0 fully saturated rings. The van der Waals surface area contributed by atoms with E-state index in [4.69, 9.17) is 9.52 Å². The molecule has 2 aromatic rings. The van der Waals surface area contributed by atoms with Crippen molar-refractivity contribution in [3.05, 3.63) is 42.1 Å². The van der Waals surface area contributed by atoms with E-state index in [9.17, 15) is 4.79 Å². The first-order chi connectivity index (χ1) is 8.75. The number of hydrogen-bond donors (Lipinski definition) is 3. The summed E-state index contributed by atoms with van der Waals surface area (Å²) in [7, 11) is 0. The van der Waals surface area contributed by atoms with Crippen LogP contribution in [0.2, 0.25) is 0 Å². The monoisotopic (exact) mass is 245 g/mol. The normalized spacial score (nSPS) is 17.4. The molecule has 0 aromatic carbocycles. The molecule has 1 unspecified atom stereocenters. The van der Waals surface area contributed by atoms with Crippen LogP contribution >= 0.6 is 0 Å². The van der Waals surface area contributed by atoms with Crippen molar-refractivity contribution in [1.29, 1.82) is 0 Å². The predicted molar refractivity (Wildman–Crippen MR) is 64.8 cm³/mol. The molecular formula is C12H11N3O3. The Morgan fingerprint density at radius 2 is 2.44 bits per heavy atom. The van der Waals surface area contributed by atoms with E-state index in [2.05, 4.69) is 15.6 Å². The highest BCUT2D eigenvalue weighted by molar-refractivity contribution is 5.95. The van der Waals surface area contributed by atoms with Gasteiger partial charge in [0.15, 0.2) is 0 Å². The number of rotatable bonds is 2.